The Hall–Kier alpha value is -0.120. The molecule has 1 aliphatic heterocycles. The summed E-state index contributed by atoms with van der Waals surface area (Å²) >= 11 is 0. The van der Waals surface area contributed by atoms with Gasteiger partial charge >= 0.3 is 0 Å². The predicted molar refractivity (Wildman–Crippen MR) is 57.3 cm³/mol. The van der Waals surface area contributed by atoms with Gasteiger partial charge in [-0.1, -0.05) is 13.8 Å². The lowest BCUT2D eigenvalue weighted by Crippen LogP contribution is -2.48. The van der Waals surface area contributed by atoms with E-state index < -0.39 is 0 Å². The smallest absolute Gasteiger partial charge is 0.0615 e. The third-order valence-corrected chi connectivity index (χ3v) is 3.07. The van der Waals surface area contributed by atoms with Gasteiger partial charge in [-0.2, -0.15) is 0 Å². The average Bonchev–Trinajstić information content (AvgIpc) is 2.11. The Morgan fingerprint density at radius 3 is 2.79 bits per heavy atom. The molecular weight excluding hydrogens is 178 g/mol. The lowest BCUT2D eigenvalue weighted by atomic mass is 9.81. The van der Waals surface area contributed by atoms with Crippen molar-refractivity contribution in [2.75, 3.05) is 33.4 Å². The molecule has 84 valence electrons. The number of aliphatic hydroxyl groups excluding tert-OH is 1. The van der Waals surface area contributed by atoms with Gasteiger partial charge in [0.1, 0.15) is 0 Å². The summed E-state index contributed by atoms with van der Waals surface area (Å²) in [7, 11) is 1.74. The molecule has 14 heavy (non-hydrogen) atoms. The van der Waals surface area contributed by atoms with Crippen LogP contribution in [0, 0.1) is 5.41 Å². The van der Waals surface area contributed by atoms with E-state index in [0.29, 0.717) is 0 Å². The number of ether oxygens (including phenoxy) is 1. The first kappa shape index (κ1) is 12.0. The number of nitrogens with zero attached hydrogens (tertiary/aromatic N) is 1. The van der Waals surface area contributed by atoms with Gasteiger partial charge in [0.25, 0.3) is 0 Å². The van der Waals surface area contributed by atoms with E-state index in [2.05, 4.69) is 18.7 Å². The van der Waals surface area contributed by atoms with E-state index in [1.807, 2.05) is 0 Å². The molecule has 0 bridgehead atoms. The van der Waals surface area contributed by atoms with Crippen molar-refractivity contribution in [3.63, 3.8) is 0 Å². The van der Waals surface area contributed by atoms with Gasteiger partial charge in [-0.25, -0.2) is 0 Å². The van der Waals surface area contributed by atoms with Crippen LogP contribution in [0.2, 0.25) is 0 Å². The van der Waals surface area contributed by atoms with Gasteiger partial charge in [0.05, 0.1) is 6.10 Å². The molecule has 0 amide bonds. The van der Waals surface area contributed by atoms with Gasteiger partial charge < -0.3 is 14.7 Å². The van der Waals surface area contributed by atoms with Crippen LogP contribution in [0.25, 0.3) is 0 Å². The van der Waals surface area contributed by atoms with Crippen molar-refractivity contribution in [1.82, 2.24) is 4.90 Å². The van der Waals surface area contributed by atoms with Crippen molar-refractivity contribution in [1.29, 1.82) is 0 Å². The number of hydrogen-bond acceptors (Lipinski definition) is 3. The van der Waals surface area contributed by atoms with Crippen LogP contribution < -0.4 is 0 Å². The number of aliphatic hydroxyl groups is 1. The molecule has 1 fully saturated rings. The lowest BCUT2D eigenvalue weighted by molar-refractivity contribution is -0.0259. The third-order valence-electron chi connectivity index (χ3n) is 3.07. The van der Waals surface area contributed by atoms with E-state index in [-0.39, 0.29) is 11.5 Å². The van der Waals surface area contributed by atoms with Gasteiger partial charge in [0, 0.05) is 38.8 Å². The Morgan fingerprint density at radius 1 is 1.50 bits per heavy atom. The summed E-state index contributed by atoms with van der Waals surface area (Å²) < 4.78 is 5.03. The largest absolute Gasteiger partial charge is 0.392 e. The first-order valence-electron chi connectivity index (χ1n) is 5.45. The fraction of sp³-hybridized carbons (Fsp3) is 1.00. The van der Waals surface area contributed by atoms with Gasteiger partial charge in [-0.05, 0) is 12.8 Å². The second-order valence-electron chi connectivity index (χ2n) is 4.92. The summed E-state index contributed by atoms with van der Waals surface area (Å²) in [6.45, 7) is 8.22. The summed E-state index contributed by atoms with van der Waals surface area (Å²) in [5.74, 6) is 0. The monoisotopic (exact) mass is 201 g/mol. The molecule has 0 saturated carbocycles. The van der Waals surface area contributed by atoms with E-state index in [0.717, 1.165) is 39.1 Å². The number of piperidine rings is 1. The summed E-state index contributed by atoms with van der Waals surface area (Å²) in [5, 5.41) is 9.77. The molecule has 1 unspecified atom stereocenters. The first-order chi connectivity index (χ1) is 6.56. The van der Waals surface area contributed by atoms with E-state index in [4.69, 9.17) is 4.74 Å². The van der Waals surface area contributed by atoms with Crippen molar-refractivity contribution in [3.8, 4) is 0 Å². The van der Waals surface area contributed by atoms with Crippen molar-refractivity contribution in [2.45, 2.75) is 32.8 Å². The maximum atomic E-state index is 9.77. The van der Waals surface area contributed by atoms with E-state index in [9.17, 15) is 5.11 Å². The van der Waals surface area contributed by atoms with Crippen molar-refractivity contribution < 1.29 is 9.84 Å². The van der Waals surface area contributed by atoms with E-state index >= 15 is 0 Å². The Labute approximate surface area is 87.1 Å². The molecule has 0 aromatic carbocycles. The molecule has 1 heterocycles. The van der Waals surface area contributed by atoms with Gasteiger partial charge in [0.2, 0.25) is 0 Å². The Balaban J connectivity index is 2.29. The second-order valence-corrected chi connectivity index (χ2v) is 4.92. The van der Waals surface area contributed by atoms with Crippen molar-refractivity contribution >= 4 is 0 Å². The van der Waals surface area contributed by atoms with Crippen LogP contribution in [0.5, 0.6) is 0 Å². The lowest BCUT2D eigenvalue weighted by Gasteiger charge is -2.41. The number of likely N-dealkylation sites (tertiary alicyclic amines) is 1. The molecule has 0 aromatic heterocycles. The third kappa shape index (κ3) is 3.23. The molecule has 0 aliphatic carbocycles. The van der Waals surface area contributed by atoms with Crippen molar-refractivity contribution in [3.05, 3.63) is 0 Å². The van der Waals surface area contributed by atoms with Crippen LogP contribution in [0.3, 0.4) is 0 Å². The molecule has 1 rings (SSSR count). The average molecular weight is 201 g/mol. The van der Waals surface area contributed by atoms with E-state index in [1.54, 1.807) is 7.11 Å². The van der Waals surface area contributed by atoms with Gasteiger partial charge in [-0.3, -0.25) is 0 Å². The first-order valence-corrected chi connectivity index (χ1v) is 5.45. The summed E-state index contributed by atoms with van der Waals surface area (Å²) in [6, 6.07) is 0. The minimum atomic E-state index is -0.138. The number of hydrogen-bond donors (Lipinski definition) is 1. The molecule has 3 nitrogen and oxygen atoms in total. The molecule has 1 atom stereocenters. The van der Waals surface area contributed by atoms with Crippen LogP contribution >= 0.6 is 0 Å². The Kier molecular flexibility index (Phi) is 4.35. The van der Waals surface area contributed by atoms with Crippen LogP contribution in [-0.2, 0) is 4.74 Å². The highest BCUT2D eigenvalue weighted by molar-refractivity contribution is 4.86. The molecule has 1 aliphatic rings. The predicted octanol–water partition coefficient (Wildman–Crippen LogP) is 1.12. The van der Waals surface area contributed by atoms with Crippen molar-refractivity contribution in [2.24, 2.45) is 5.41 Å². The summed E-state index contributed by atoms with van der Waals surface area (Å²) in [6.07, 6.45) is 1.85. The summed E-state index contributed by atoms with van der Waals surface area (Å²) in [4.78, 5) is 2.42. The van der Waals surface area contributed by atoms with Crippen LogP contribution in [0.4, 0.5) is 0 Å². The Morgan fingerprint density at radius 2 is 2.21 bits per heavy atom. The zero-order valence-electron chi connectivity index (χ0n) is 9.62. The highest BCUT2D eigenvalue weighted by atomic mass is 16.5. The molecule has 3 heteroatoms. The molecule has 0 spiro atoms. The highest BCUT2D eigenvalue weighted by Gasteiger charge is 2.33. The standard InChI is InChI=1S/C11H23NO2/c1-11(2)9-12(6-4-8-14-3)7-5-10(11)13/h10,13H,4-9H2,1-3H3. The fourth-order valence-electron chi connectivity index (χ4n) is 2.08. The van der Waals surface area contributed by atoms with E-state index in [1.165, 1.54) is 0 Å². The van der Waals surface area contributed by atoms with Gasteiger partial charge in [-0.15, -0.1) is 0 Å². The van der Waals surface area contributed by atoms with Crippen LogP contribution in [0.1, 0.15) is 26.7 Å². The number of rotatable bonds is 4. The maximum Gasteiger partial charge on any atom is 0.0615 e. The maximum absolute atomic E-state index is 9.77. The zero-order chi connectivity index (χ0) is 10.6. The van der Waals surface area contributed by atoms with Crippen LogP contribution in [-0.4, -0.2) is 49.5 Å². The molecule has 0 aromatic rings. The molecule has 1 saturated heterocycles. The molecule has 0 radical (unpaired) electrons. The number of methoxy groups -OCH3 is 1. The quantitative estimate of drug-likeness (QED) is 0.692. The SMILES string of the molecule is COCCCN1CCC(O)C(C)(C)C1. The minimum absolute atomic E-state index is 0.0469. The van der Waals surface area contributed by atoms with Crippen LogP contribution in [0.15, 0.2) is 0 Å². The Bertz CT molecular complexity index is 171. The molecular formula is C11H23NO2. The highest BCUT2D eigenvalue weighted by Crippen LogP contribution is 2.28. The normalized spacial score (nSPS) is 27.9. The second kappa shape index (κ2) is 5.10. The zero-order valence-corrected chi connectivity index (χ0v) is 9.62. The fourth-order valence-corrected chi connectivity index (χ4v) is 2.08. The van der Waals surface area contributed by atoms with Gasteiger partial charge in [0.15, 0.2) is 0 Å². The minimum Gasteiger partial charge on any atom is -0.392 e. The molecule has 1 N–H and O–H groups in total. The topological polar surface area (TPSA) is 32.7 Å². The summed E-state index contributed by atoms with van der Waals surface area (Å²) in [5.41, 5.74) is 0.0469.